The maximum Gasteiger partial charge on any atom is 0.227 e. The zero-order valence-corrected chi connectivity index (χ0v) is 21.9. The van der Waals surface area contributed by atoms with Crippen molar-refractivity contribution >= 4 is 32.8 Å². The van der Waals surface area contributed by atoms with Crippen LogP contribution in [0.1, 0.15) is 0 Å². The predicted molar refractivity (Wildman–Crippen MR) is 164 cm³/mol. The highest BCUT2D eigenvalue weighted by atomic mass is 16.3. The Balaban J connectivity index is 1.32. The number of benzene rings is 5. The quantitative estimate of drug-likeness (QED) is 0.229. The number of fused-ring (bicyclic) bond motifs is 4. The second-order valence-corrected chi connectivity index (χ2v) is 9.89. The summed E-state index contributed by atoms with van der Waals surface area (Å²) >= 11 is 0. The van der Waals surface area contributed by atoms with Crippen molar-refractivity contribution in [3.8, 4) is 45.4 Å². The maximum absolute atomic E-state index is 6.09. The van der Waals surface area contributed by atoms with Gasteiger partial charge in [0.25, 0.3) is 0 Å². The van der Waals surface area contributed by atoms with Crippen LogP contribution in [0.15, 0.2) is 138 Å². The van der Waals surface area contributed by atoms with Crippen LogP contribution in [0.4, 0.5) is 0 Å². The second kappa shape index (κ2) is 9.50. The zero-order chi connectivity index (χ0) is 27.2. The molecule has 0 radical (unpaired) electrons. The van der Waals surface area contributed by atoms with E-state index < -0.39 is 0 Å². The molecule has 0 amide bonds. The number of rotatable bonds is 4. The molecule has 3 aromatic heterocycles. The second-order valence-electron chi connectivity index (χ2n) is 9.89. The van der Waals surface area contributed by atoms with Gasteiger partial charge in [-0.15, -0.1) is 0 Å². The van der Waals surface area contributed by atoms with E-state index in [4.69, 9.17) is 24.4 Å². The first-order chi connectivity index (χ1) is 20.3. The smallest absolute Gasteiger partial charge is 0.227 e. The molecule has 0 unspecified atom stereocenters. The fourth-order valence-electron chi connectivity index (χ4n) is 5.40. The van der Waals surface area contributed by atoms with E-state index >= 15 is 0 Å². The van der Waals surface area contributed by atoms with Gasteiger partial charge in [0.05, 0.1) is 5.69 Å². The van der Waals surface area contributed by atoms with Crippen molar-refractivity contribution in [3.05, 3.63) is 133 Å². The van der Waals surface area contributed by atoms with Crippen LogP contribution in [-0.2, 0) is 0 Å². The molecule has 0 atom stereocenters. The van der Waals surface area contributed by atoms with Crippen molar-refractivity contribution in [2.45, 2.75) is 0 Å². The number of aromatic nitrogens is 4. The summed E-state index contributed by atoms with van der Waals surface area (Å²) in [5, 5.41) is 4.19. The van der Waals surface area contributed by atoms with Gasteiger partial charge in [-0.25, -0.2) is 19.9 Å². The van der Waals surface area contributed by atoms with Crippen LogP contribution in [-0.4, -0.2) is 19.9 Å². The molecule has 192 valence electrons. The molecule has 5 aromatic carbocycles. The topological polar surface area (TPSA) is 64.7 Å². The van der Waals surface area contributed by atoms with Crippen LogP contribution < -0.4 is 0 Å². The first kappa shape index (κ1) is 23.2. The SMILES string of the molecule is c1ccc(-c2nc(-c3ccccc3)nc(-c3ccc(-c4ccc5c(n4)oc4ccccc45)c4ccccc34)n2)cc1. The number of furan rings is 1. The van der Waals surface area contributed by atoms with Crippen molar-refractivity contribution in [1.82, 2.24) is 19.9 Å². The Morgan fingerprint density at radius 3 is 1.59 bits per heavy atom. The van der Waals surface area contributed by atoms with Crippen LogP contribution in [0.3, 0.4) is 0 Å². The van der Waals surface area contributed by atoms with Gasteiger partial charge in [0.15, 0.2) is 17.5 Å². The Kier molecular flexibility index (Phi) is 5.38. The Hall–Kier alpha value is -5.68. The van der Waals surface area contributed by atoms with E-state index in [1.807, 2.05) is 91.0 Å². The third-order valence-corrected chi connectivity index (χ3v) is 7.38. The fourth-order valence-corrected chi connectivity index (χ4v) is 5.40. The largest absolute Gasteiger partial charge is 0.438 e. The van der Waals surface area contributed by atoms with E-state index in [2.05, 4.69) is 42.5 Å². The van der Waals surface area contributed by atoms with Gasteiger partial charge < -0.3 is 4.42 Å². The lowest BCUT2D eigenvalue weighted by Gasteiger charge is -2.12. The lowest BCUT2D eigenvalue weighted by molar-refractivity contribution is 0.654. The minimum atomic E-state index is 0.626. The van der Waals surface area contributed by atoms with Crippen molar-refractivity contribution in [2.24, 2.45) is 0 Å². The summed E-state index contributed by atoms with van der Waals surface area (Å²) < 4.78 is 6.09. The standard InChI is InChI=1S/C36H22N4O/c1-3-11-23(12-4-1)33-38-34(24-13-5-2-6-14-24)40-35(39-33)29-20-19-27(25-15-7-8-16-26(25)29)31-22-21-30-28-17-9-10-18-32(28)41-36(30)37-31/h1-22H. The molecule has 0 spiro atoms. The molecule has 0 aliphatic rings. The Morgan fingerprint density at radius 2 is 0.902 bits per heavy atom. The van der Waals surface area contributed by atoms with Gasteiger partial charge in [-0.2, -0.15) is 0 Å². The first-order valence-corrected chi connectivity index (χ1v) is 13.5. The summed E-state index contributed by atoms with van der Waals surface area (Å²) in [5.41, 5.74) is 6.17. The van der Waals surface area contributed by atoms with Crippen LogP contribution in [0.5, 0.6) is 0 Å². The van der Waals surface area contributed by atoms with Crippen LogP contribution >= 0.6 is 0 Å². The molecule has 0 aliphatic carbocycles. The Bertz CT molecular complexity index is 2150. The Morgan fingerprint density at radius 1 is 0.366 bits per heavy atom. The summed E-state index contributed by atoms with van der Waals surface area (Å²) in [7, 11) is 0. The first-order valence-electron chi connectivity index (χ1n) is 13.5. The molecular formula is C36H22N4O. The van der Waals surface area contributed by atoms with Gasteiger partial charge in [-0.1, -0.05) is 109 Å². The van der Waals surface area contributed by atoms with Crippen LogP contribution in [0, 0.1) is 0 Å². The summed E-state index contributed by atoms with van der Waals surface area (Å²) in [6.45, 7) is 0. The molecule has 5 nitrogen and oxygen atoms in total. The highest BCUT2D eigenvalue weighted by Gasteiger charge is 2.17. The normalized spacial score (nSPS) is 11.4. The van der Waals surface area contributed by atoms with Gasteiger partial charge in [0.1, 0.15) is 5.58 Å². The zero-order valence-electron chi connectivity index (χ0n) is 21.9. The van der Waals surface area contributed by atoms with Gasteiger partial charge in [-0.3, -0.25) is 0 Å². The Labute approximate surface area is 235 Å². The number of nitrogens with zero attached hydrogens (tertiary/aromatic N) is 4. The summed E-state index contributed by atoms with van der Waals surface area (Å²) in [5.74, 6) is 1.90. The van der Waals surface area contributed by atoms with Gasteiger partial charge in [0.2, 0.25) is 5.71 Å². The van der Waals surface area contributed by atoms with Gasteiger partial charge in [0, 0.05) is 33.0 Å². The highest BCUT2D eigenvalue weighted by Crippen LogP contribution is 2.36. The highest BCUT2D eigenvalue weighted by molar-refractivity contribution is 6.06. The summed E-state index contributed by atoms with van der Waals surface area (Å²) in [6, 6.07) is 44.8. The average molecular weight is 527 g/mol. The molecule has 5 heteroatoms. The average Bonchev–Trinajstić information content (AvgIpc) is 3.43. The van der Waals surface area contributed by atoms with Crippen molar-refractivity contribution in [1.29, 1.82) is 0 Å². The maximum atomic E-state index is 6.09. The van der Waals surface area contributed by atoms with E-state index in [-0.39, 0.29) is 0 Å². The molecule has 0 fully saturated rings. The summed E-state index contributed by atoms with van der Waals surface area (Å²) in [4.78, 5) is 19.7. The van der Waals surface area contributed by atoms with Crippen LogP contribution in [0.2, 0.25) is 0 Å². The molecule has 3 heterocycles. The van der Waals surface area contributed by atoms with E-state index in [0.29, 0.717) is 23.2 Å². The van der Waals surface area contributed by atoms with E-state index in [0.717, 1.165) is 55.1 Å². The van der Waals surface area contributed by atoms with E-state index in [1.54, 1.807) is 0 Å². The molecule has 0 saturated carbocycles. The van der Waals surface area contributed by atoms with E-state index in [9.17, 15) is 0 Å². The van der Waals surface area contributed by atoms with Crippen molar-refractivity contribution in [3.63, 3.8) is 0 Å². The minimum absolute atomic E-state index is 0.626. The number of hydrogen-bond acceptors (Lipinski definition) is 5. The molecule has 0 aliphatic heterocycles. The lowest BCUT2D eigenvalue weighted by Crippen LogP contribution is -2.00. The number of pyridine rings is 1. The third kappa shape index (κ3) is 4.03. The minimum Gasteiger partial charge on any atom is -0.438 e. The third-order valence-electron chi connectivity index (χ3n) is 7.38. The molecule has 0 N–H and O–H groups in total. The lowest BCUT2D eigenvalue weighted by atomic mass is 9.96. The fraction of sp³-hybridized carbons (Fsp3) is 0. The van der Waals surface area contributed by atoms with Gasteiger partial charge >= 0.3 is 0 Å². The predicted octanol–water partition coefficient (Wildman–Crippen LogP) is 8.99. The number of hydrogen-bond donors (Lipinski definition) is 0. The molecule has 0 bridgehead atoms. The molecule has 41 heavy (non-hydrogen) atoms. The van der Waals surface area contributed by atoms with Crippen LogP contribution in [0.25, 0.3) is 78.3 Å². The van der Waals surface area contributed by atoms with Gasteiger partial charge in [-0.05, 0) is 35.0 Å². The van der Waals surface area contributed by atoms with Crippen molar-refractivity contribution < 1.29 is 4.42 Å². The molecule has 0 saturated heterocycles. The monoisotopic (exact) mass is 526 g/mol. The number of para-hydroxylation sites is 1. The molecule has 8 rings (SSSR count). The molecular weight excluding hydrogens is 504 g/mol. The summed E-state index contributed by atoms with van der Waals surface area (Å²) in [6.07, 6.45) is 0. The van der Waals surface area contributed by atoms with E-state index in [1.165, 1.54) is 0 Å². The molecule has 8 aromatic rings. The van der Waals surface area contributed by atoms with Crippen molar-refractivity contribution in [2.75, 3.05) is 0 Å².